The van der Waals surface area contributed by atoms with E-state index in [0.29, 0.717) is 5.17 Å². The molecule has 21 heavy (non-hydrogen) atoms. The lowest BCUT2D eigenvalue weighted by Gasteiger charge is -2.39. The number of fused-ring (bicyclic) bond motifs is 2. The molecule has 1 aromatic carbocycles. The fourth-order valence-electron chi connectivity index (χ4n) is 3.02. The van der Waals surface area contributed by atoms with Crippen LogP contribution in [0.2, 0.25) is 0 Å². The van der Waals surface area contributed by atoms with E-state index in [4.69, 9.17) is 0 Å². The highest BCUT2D eigenvalue weighted by Gasteiger charge is 2.49. The Bertz CT molecular complexity index is 644. The average molecular weight is 303 g/mol. The normalized spacial score (nSPS) is 23.7. The van der Waals surface area contributed by atoms with Crippen LogP contribution in [0.5, 0.6) is 0 Å². The second kappa shape index (κ2) is 5.18. The Balaban J connectivity index is 2.05. The average Bonchev–Trinajstić information content (AvgIpc) is 2.78. The van der Waals surface area contributed by atoms with Crippen molar-refractivity contribution in [2.45, 2.75) is 38.0 Å². The molecule has 1 atom stereocenters. The second-order valence-corrected chi connectivity index (χ2v) is 6.58. The van der Waals surface area contributed by atoms with Gasteiger partial charge in [-0.25, -0.2) is 5.01 Å². The van der Waals surface area contributed by atoms with Crippen LogP contribution in [0.3, 0.4) is 0 Å². The molecule has 1 aromatic rings. The van der Waals surface area contributed by atoms with Crippen LogP contribution < -0.4 is 5.32 Å². The Morgan fingerprint density at radius 2 is 2.10 bits per heavy atom. The number of carbonyl (C=O) groups is 2. The summed E-state index contributed by atoms with van der Waals surface area (Å²) in [5.74, 6) is -0.287. The van der Waals surface area contributed by atoms with Gasteiger partial charge in [0.15, 0.2) is 5.17 Å². The number of benzene rings is 1. The number of hydrazone groups is 1. The van der Waals surface area contributed by atoms with Crippen molar-refractivity contribution in [2.75, 3.05) is 0 Å². The van der Waals surface area contributed by atoms with E-state index in [-0.39, 0.29) is 11.8 Å². The van der Waals surface area contributed by atoms with Crippen LogP contribution in [-0.2, 0) is 20.9 Å². The zero-order valence-corrected chi connectivity index (χ0v) is 12.9. The number of nitrogens with one attached hydrogen (secondary N) is 1. The highest BCUT2D eigenvalue weighted by molar-refractivity contribution is 8.14. The van der Waals surface area contributed by atoms with Gasteiger partial charge in [-0.15, -0.1) is 5.10 Å². The maximum Gasteiger partial charge on any atom is 0.241 e. The molecule has 0 radical (unpaired) electrons. The smallest absolute Gasteiger partial charge is 0.241 e. The van der Waals surface area contributed by atoms with Crippen molar-refractivity contribution < 1.29 is 9.59 Å². The van der Waals surface area contributed by atoms with Crippen molar-refractivity contribution >= 4 is 28.7 Å². The number of carbonyl (C=O) groups excluding carboxylic acids is 2. The molecular formula is C15H17N3O2S. The Morgan fingerprint density at radius 3 is 2.81 bits per heavy atom. The molecule has 1 aliphatic carbocycles. The van der Waals surface area contributed by atoms with Crippen LogP contribution in [0, 0.1) is 0 Å². The summed E-state index contributed by atoms with van der Waals surface area (Å²) in [5, 5.41) is 9.07. The Morgan fingerprint density at radius 1 is 1.33 bits per heavy atom. The first-order chi connectivity index (χ1) is 10.0. The van der Waals surface area contributed by atoms with E-state index in [1.165, 1.54) is 36.2 Å². The molecule has 0 unspecified atom stereocenters. The molecular weight excluding hydrogens is 286 g/mol. The van der Waals surface area contributed by atoms with E-state index in [0.717, 1.165) is 24.8 Å². The van der Waals surface area contributed by atoms with Crippen LogP contribution >= 0.6 is 11.8 Å². The SMILES string of the molecule is CC(=O)NC1=NN(C(C)=O)[C@@]2(CCCc3ccccc32)S1. The van der Waals surface area contributed by atoms with Gasteiger partial charge in [0.25, 0.3) is 0 Å². The molecule has 1 spiro atoms. The lowest BCUT2D eigenvalue weighted by atomic mass is 9.86. The quantitative estimate of drug-likeness (QED) is 0.799. The van der Waals surface area contributed by atoms with E-state index in [1.807, 2.05) is 12.1 Å². The summed E-state index contributed by atoms with van der Waals surface area (Å²) in [5.41, 5.74) is 2.38. The van der Waals surface area contributed by atoms with Crippen molar-refractivity contribution in [3.8, 4) is 0 Å². The van der Waals surface area contributed by atoms with Gasteiger partial charge >= 0.3 is 0 Å². The molecule has 2 amide bonds. The maximum absolute atomic E-state index is 12.1. The molecule has 0 saturated carbocycles. The monoisotopic (exact) mass is 303 g/mol. The standard InChI is InChI=1S/C15H17N3O2S/c1-10(19)16-14-17-18(11(2)20)15(21-14)9-5-7-12-6-3-4-8-13(12)15/h3-4,6,8H,5,7,9H2,1-2H3,(H,16,17,19)/t15-/m0/s1. The summed E-state index contributed by atoms with van der Waals surface area (Å²) in [7, 11) is 0. The summed E-state index contributed by atoms with van der Waals surface area (Å²) >= 11 is 1.46. The number of rotatable bonds is 0. The number of hydrogen-bond donors (Lipinski definition) is 1. The number of hydrogen-bond acceptors (Lipinski definition) is 4. The van der Waals surface area contributed by atoms with Gasteiger partial charge < -0.3 is 5.32 Å². The number of amidine groups is 1. The molecule has 1 N–H and O–H groups in total. The van der Waals surface area contributed by atoms with E-state index in [1.54, 1.807) is 0 Å². The van der Waals surface area contributed by atoms with Crippen LogP contribution in [0.15, 0.2) is 29.4 Å². The number of aryl methyl sites for hydroxylation is 1. The third-order valence-electron chi connectivity index (χ3n) is 3.78. The second-order valence-electron chi connectivity index (χ2n) is 5.31. The van der Waals surface area contributed by atoms with Gasteiger partial charge in [-0.05, 0) is 30.4 Å². The van der Waals surface area contributed by atoms with Gasteiger partial charge in [0.1, 0.15) is 4.87 Å². The van der Waals surface area contributed by atoms with Crippen molar-refractivity contribution in [3.05, 3.63) is 35.4 Å². The minimum absolute atomic E-state index is 0.112. The maximum atomic E-state index is 12.1. The van der Waals surface area contributed by atoms with Crippen molar-refractivity contribution in [1.29, 1.82) is 0 Å². The van der Waals surface area contributed by atoms with Gasteiger partial charge in [-0.3, -0.25) is 9.59 Å². The number of nitrogens with zero attached hydrogens (tertiary/aromatic N) is 2. The molecule has 0 fully saturated rings. The van der Waals surface area contributed by atoms with Gasteiger partial charge in [-0.1, -0.05) is 36.0 Å². The highest BCUT2D eigenvalue weighted by atomic mass is 32.2. The summed E-state index contributed by atoms with van der Waals surface area (Å²) in [6, 6.07) is 8.17. The van der Waals surface area contributed by atoms with Crippen LogP contribution in [0.4, 0.5) is 0 Å². The van der Waals surface area contributed by atoms with Crippen LogP contribution in [-0.4, -0.2) is 22.0 Å². The molecule has 0 aromatic heterocycles. The molecule has 0 saturated heterocycles. The lowest BCUT2D eigenvalue weighted by molar-refractivity contribution is -0.132. The fourth-order valence-corrected chi connectivity index (χ4v) is 4.47. The number of thioether (sulfide) groups is 1. The molecule has 1 heterocycles. The predicted molar refractivity (Wildman–Crippen MR) is 82.4 cm³/mol. The van der Waals surface area contributed by atoms with E-state index in [9.17, 15) is 9.59 Å². The zero-order valence-electron chi connectivity index (χ0n) is 12.0. The summed E-state index contributed by atoms with van der Waals surface area (Å²) < 4.78 is 0. The van der Waals surface area contributed by atoms with Crippen molar-refractivity contribution in [2.24, 2.45) is 5.10 Å². The third-order valence-corrected chi connectivity index (χ3v) is 5.09. The first-order valence-electron chi connectivity index (χ1n) is 6.97. The van der Waals surface area contributed by atoms with Crippen molar-refractivity contribution in [1.82, 2.24) is 10.3 Å². The number of amides is 2. The third kappa shape index (κ3) is 2.33. The predicted octanol–water partition coefficient (Wildman–Crippen LogP) is 2.18. The minimum Gasteiger partial charge on any atom is -0.304 e. The van der Waals surface area contributed by atoms with E-state index >= 15 is 0 Å². The first-order valence-corrected chi connectivity index (χ1v) is 7.79. The lowest BCUT2D eigenvalue weighted by Crippen LogP contribution is -2.42. The van der Waals surface area contributed by atoms with Gasteiger partial charge in [0.05, 0.1) is 0 Å². The fraction of sp³-hybridized carbons (Fsp3) is 0.400. The van der Waals surface area contributed by atoms with Crippen LogP contribution in [0.25, 0.3) is 0 Å². The molecule has 1 aliphatic heterocycles. The van der Waals surface area contributed by atoms with E-state index < -0.39 is 4.87 Å². The molecule has 6 heteroatoms. The minimum atomic E-state index is -0.515. The molecule has 3 rings (SSSR count). The van der Waals surface area contributed by atoms with Crippen molar-refractivity contribution in [3.63, 3.8) is 0 Å². The molecule has 110 valence electrons. The summed E-state index contributed by atoms with van der Waals surface area (Å²) in [4.78, 5) is 22.8. The summed E-state index contributed by atoms with van der Waals surface area (Å²) in [6.45, 7) is 2.96. The topological polar surface area (TPSA) is 61.8 Å². The van der Waals surface area contributed by atoms with E-state index in [2.05, 4.69) is 22.6 Å². The van der Waals surface area contributed by atoms with Gasteiger partial charge in [0.2, 0.25) is 11.8 Å². The molecule has 5 nitrogen and oxygen atoms in total. The Labute approximate surface area is 127 Å². The Kier molecular flexibility index (Phi) is 3.49. The molecule has 2 aliphatic rings. The largest absolute Gasteiger partial charge is 0.304 e. The summed E-state index contributed by atoms with van der Waals surface area (Å²) in [6.07, 6.45) is 2.84. The Hall–Kier alpha value is -1.82. The molecule has 0 bridgehead atoms. The highest BCUT2D eigenvalue weighted by Crippen LogP contribution is 2.52. The van der Waals surface area contributed by atoms with Gasteiger partial charge in [-0.2, -0.15) is 0 Å². The zero-order chi connectivity index (χ0) is 15.0. The van der Waals surface area contributed by atoms with Crippen LogP contribution in [0.1, 0.15) is 37.8 Å². The van der Waals surface area contributed by atoms with Gasteiger partial charge in [0, 0.05) is 13.8 Å². The first kappa shape index (κ1) is 14.1.